The fraction of sp³-hybridized carbons (Fsp3) is 0.714. The topological polar surface area (TPSA) is 76.0 Å². The molecule has 0 saturated carbocycles. The number of aliphatic hydroxyl groups is 3. The number of nitrogens with one attached hydrogen (secondary N) is 1. The van der Waals surface area contributed by atoms with Crippen LogP contribution in [-0.4, -0.2) is 78.6 Å². The predicted molar refractivity (Wildman–Crippen MR) is 108 cm³/mol. The van der Waals surface area contributed by atoms with Gasteiger partial charge in [-0.2, -0.15) is 0 Å². The second-order valence-electron chi connectivity index (χ2n) is 7.53. The van der Waals surface area contributed by atoms with Crippen LogP contribution in [0.25, 0.3) is 0 Å². The van der Waals surface area contributed by atoms with Crippen molar-refractivity contribution < 1.29 is 32.9 Å². The molecule has 0 radical (unpaired) electrons. The summed E-state index contributed by atoms with van der Waals surface area (Å²) in [5.74, 6) is -0.559. The minimum Gasteiger partial charge on any atom is -0.400 e. The van der Waals surface area contributed by atoms with E-state index in [9.17, 15) is 22.7 Å². The molecule has 5 nitrogen and oxygen atoms in total. The molecule has 4 N–H and O–H groups in total. The number of hydrogen-bond donors (Lipinski definition) is 4. The van der Waals surface area contributed by atoms with Crippen LogP contribution in [0, 0.1) is 11.8 Å². The molecule has 2 aliphatic heterocycles. The highest BCUT2D eigenvalue weighted by atomic mass is 19.3. The second-order valence-corrected chi connectivity index (χ2v) is 7.53. The fourth-order valence-electron chi connectivity index (χ4n) is 3.77. The van der Waals surface area contributed by atoms with E-state index in [1.54, 1.807) is 0 Å². The van der Waals surface area contributed by atoms with Crippen LogP contribution in [0.2, 0.25) is 0 Å². The average Bonchev–Trinajstić information content (AvgIpc) is 3.47. The van der Waals surface area contributed by atoms with E-state index in [0.717, 1.165) is 20.2 Å². The van der Waals surface area contributed by atoms with Gasteiger partial charge in [0, 0.05) is 38.1 Å². The largest absolute Gasteiger partial charge is 0.400 e. The Morgan fingerprint density at radius 1 is 0.933 bits per heavy atom. The van der Waals surface area contributed by atoms with Crippen molar-refractivity contribution in [1.29, 1.82) is 0 Å². The first kappa shape index (κ1) is 26.8. The molecule has 1 aromatic rings. The van der Waals surface area contributed by atoms with Crippen molar-refractivity contribution in [3.05, 3.63) is 35.9 Å². The maximum Gasteiger partial charge on any atom is 0.264 e. The highest BCUT2D eigenvalue weighted by Crippen LogP contribution is 2.30. The fourth-order valence-corrected chi connectivity index (χ4v) is 3.77. The van der Waals surface area contributed by atoms with Crippen molar-refractivity contribution in [2.24, 2.45) is 11.8 Å². The molecular formula is C21H34F4N2O3. The van der Waals surface area contributed by atoms with E-state index in [0.29, 0.717) is 25.9 Å². The summed E-state index contributed by atoms with van der Waals surface area (Å²) < 4.78 is 48.5. The van der Waals surface area contributed by atoms with Gasteiger partial charge in [0.25, 0.3) is 12.9 Å². The number of aliphatic hydroxyl groups excluding tert-OH is 3. The summed E-state index contributed by atoms with van der Waals surface area (Å²) in [7, 11) is 1.00. The quantitative estimate of drug-likeness (QED) is 0.514. The lowest BCUT2D eigenvalue weighted by atomic mass is 10.0. The molecule has 3 rings (SSSR count). The molecule has 0 unspecified atom stereocenters. The molecular weight excluding hydrogens is 404 g/mol. The van der Waals surface area contributed by atoms with E-state index < -0.39 is 25.1 Å². The second kappa shape index (κ2) is 13.9. The van der Waals surface area contributed by atoms with Gasteiger partial charge in [0.05, 0.1) is 0 Å². The van der Waals surface area contributed by atoms with Gasteiger partial charge in [0.1, 0.15) is 12.2 Å². The van der Waals surface area contributed by atoms with Crippen molar-refractivity contribution in [1.82, 2.24) is 10.2 Å². The van der Waals surface area contributed by atoms with Gasteiger partial charge in [-0.3, -0.25) is 4.90 Å². The molecule has 2 heterocycles. The van der Waals surface area contributed by atoms with E-state index in [1.165, 1.54) is 5.56 Å². The van der Waals surface area contributed by atoms with E-state index in [4.69, 9.17) is 10.2 Å². The maximum atomic E-state index is 12.5. The summed E-state index contributed by atoms with van der Waals surface area (Å²) in [5, 5.41) is 28.2. The minimum absolute atomic E-state index is 0.209. The van der Waals surface area contributed by atoms with Crippen LogP contribution < -0.4 is 5.32 Å². The Kier molecular flexibility index (Phi) is 12.4. The predicted octanol–water partition coefficient (Wildman–Crippen LogP) is 2.53. The summed E-state index contributed by atoms with van der Waals surface area (Å²) in [5.41, 5.74) is 1.18. The van der Waals surface area contributed by atoms with Gasteiger partial charge in [0.2, 0.25) is 0 Å². The molecule has 2 saturated heterocycles. The Morgan fingerprint density at radius 3 is 2.00 bits per heavy atom. The van der Waals surface area contributed by atoms with Crippen LogP contribution in [-0.2, 0) is 0 Å². The summed E-state index contributed by atoms with van der Waals surface area (Å²) in [6.07, 6.45) is -6.85. The molecule has 0 amide bonds. The number of alkyl halides is 4. The first-order valence-corrected chi connectivity index (χ1v) is 10.2. The molecule has 2 aliphatic rings. The van der Waals surface area contributed by atoms with Crippen molar-refractivity contribution in [2.45, 2.75) is 50.9 Å². The standard InChI is InChI=1S/C14H19F2NO.C6H11F2NO.CH4O/c1-10(11-5-3-2-4-6-11)17-8-7-12(9-17)13(18)14(15)16;7-6(8)5(10)4-1-2-9-3-4;1-2/h2-6,10,12-14,18H,7-9H2,1H3;4-6,9-10H,1-3H2;2H,1H3/t10-,12-,13+;4-,5+;/m11./s1. The Balaban J connectivity index is 0.000000318. The summed E-state index contributed by atoms with van der Waals surface area (Å²) >= 11 is 0. The van der Waals surface area contributed by atoms with Gasteiger partial charge in [-0.25, -0.2) is 17.6 Å². The van der Waals surface area contributed by atoms with Crippen LogP contribution in [0.5, 0.6) is 0 Å². The number of likely N-dealkylation sites (tertiary alicyclic amines) is 1. The number of rotatable bonds is 6. The molecule has 174 valence electrons. The molecule has 0 spiro atoms. The first-order chi connectivity index (χ1) is 14.3. The van der Waals surface area contributed by atoms with Crippen molar-refractivity contribution in [2.75, 3.05) is 33.3 Å². The van der Waals surface area contributed by atoms with Crippen LogP contribution in [0.1, 0.15) is 31.4 Å². The Hall–Kier alpha value is -1.26. The van der Waals surface area contributed by atoms with E-state index in [1.807, 2.05) is 30.3 Å². The van der Waals surface area contributed by atoms with Crippen LogP contribution in [0.15, 0.2) is 30.3 Å². The molecule has 5 atom stereocenters. The molecule has 30 heavy (non-hydrogen) atoms. The van der Waals surface area contributed by atoms with E-state index in [-0.39, 0.29) is 17.9 Å². The molecule has 0 bridgehead atoms. The molecule has 2 fully saturated rings. The SMILES string of the molecule is CO.C[C@H](c1ccccc1)N1CC[C@@H]([C@H](O)C(F)F)C1.O[C@H](C(F)F)[C@@H]1CCNC1. The smallest absolute Gasteiger partial charge is 0.264 e. The minimum atomic E-state index is -2.64. The Labute approximate surface area is 175 Å². The third kappa shape index (κ3) is 8.11. The normalized spacial score (nSPS) is 24.6. The van der Waals surface area contributed by atoms with Gasteiger partial charge in [-0.15, -0.1) is 0 Å². The lowest BCUT2D eigenvalue weighted by Crippen LogP contribution is -2.31. The van der Waals surface area contributed by atoms with Crippen molar-refractivity contribution in [3.63, 3.8) is 0 Å². The Morgan fingerprint density at radius 2 is 1.50 bits per heavy atom. The maximum absolute atomic E-state index is 12.5. The zero-order chi connectivity index (χ0) is 22.7. The number of halogens is 4. The molecule has 1 aromatic carbocycles. The summed E-state index contributed by atoms with van der Waals surface area (Å²) in [6.45, 7) is 4.65. The molecule has 0 aromatic heterocycles. The van der Waals surface area contributed by atoms with Crippen LogP contribution >= 0.6 is 0 Å². The summed E-state index contributed by atoms with van der Waals surface area (Å²) in [6, 6.07) is 10.2. The molecule has 0 aliphatic carbocycles. The van der Waals surface area contributed by atoms with Gasteiger partial charge in [-0.05, 0) is 38.4 Å². The average molecular weight is 439 g/mol. The molecule has 9 heteroatoms. The van der Waals surface area contributed by atoms with Crippen LogP contribution in [0.4, 0.5) is 17.6 Å². The first-order valence-electron chi connectivity index (χ1n) is 10.2. The number of benzene rings is 1. The zero-order valence-corrected chi connectivity index (χ0v) is 17.5. The van der Waals surface area contributed by atoms with E-state index in [2.05, 4.69) is 17.1 Å². The van der Waals surface area contributed by atoms with Crippen molar-refractivity contribution in [3.8, 4) is 0 Å². The summed E-state index contributed by atoms with van der Waals surface area (Å²) in [4.78, 5) is 2.16. The van der Waals surface area contributed by atoms with Gasteiger partial charge >= 0.3 is 0 Å². The number of hydrogen-bond acceptors (Lipinski definition) is 5. The zero-order valence-electron chi connectivity index (χ0n) is 17.5. The van der Waals surface area contributed by atoms with Gasteiger partial charge in [-0.1, -0.05) is 30.3 Å². The van der Waals surface area contributed by atoms with E-state index >= 15 is 0 Å². The van der Waals surface area contributed by atoms with Gasteiger partial charge < -0.3 is 20.6 Å². The highest BCUT2D eigenvalue weighted by Gasteiger charge is 2.35. The van der Waals surface area contributed by atoms with Crippen molar-refractivity contribution >= 4 is 0 Å². The lowest BCUT2D eigenvalue weighted by Gasteiger charge is -2.25. The monoisotopic (exact) mass is 438 g/mol. The Bertz CT molecular complexity index is 562. The number of nitrogens with zero attached hydrogens (tertiary/aromatic N) is 1. The third-order valence-corrected chi connectivity index (χ3v) is 5.67. The highest BCUT2D eigenvalue weighted by molar-refractivity contribution is 5.18. The van der Waals surface area contributed by atoms with Crippen LogP contribution in [0.3, 0.4) is 0 Å². The van der Waals surface area contributed by atoms with Gasteiger partial charge in [0.15, 0.2) is 0 Å². The lowest BCUT2D eigenvalue weighted by molar-refractivity contribution is -0.0367. The third-order valence-electron chi connectivity index (χ3n) is 5.67.